The molecule has 30 heavy (non-hydrogen) atoms. The van der Waals surface area contributed by atoms with Crippen LogP contribution in [0.2, 0.25) is 5.02 Å². The van der Waals surface area contributed by atoms with Gasteiger partial charge in [-0.05, 0) is 43.3 Å². The van der Waals surface area contributed by atoms with E-state index in [2.05, 4.69) is 15.5 Å². The van der Waals surface area contributed by atoms with Crippen LogP contribution in [0.25, 0.3) is 0 Å². The van der Waals surface area contributed by atoms with Crippen molar-refractivity contribution in [2.24, 2.45) is 0 Å². The minimum Gasteiger partial charge on any atom is -0.481 e. The number of carbonyl (C=O) groups is 2. The van der Waals surface area contributed by atoms with Crippen molar-refractivity contribution >= 4 is 45.6 Å². The molecule has 0 saturated carbocycles. The average Bonchev–Trinajstić information content (AvgIpc) is 3.36. The standard InChI is InChI=1S/C21H19ClN4O3S/c1-13(29-17-5-3-2-4-6-17)19(28)23-21-25-24-20(30-21)14-11-18(27)26(12-14)16-9-7-15(22)8-10-16/h2-10,13-14H,11-12H2,1H3,(H,23,25,28). The van der Waals surface area contributed by atoms with E-state index in [4.69, 9.17) is 16.3 Å². The van der Waals surface area contributed by atoms with E-state index in [0.29, 0.717) is 33.9 Å². The topological polar surface area (TPSA) is 84.4 Å². The maximum Gasteiger partial charge on any atom is 0.266 e. The molecule has 1 aliphatic heterocycles. The molecular formula is C21H19ClN4O3S. The number of nitrogens with one attached hydrogen (secondary N) is 1. The summed E-state index contributed by atoms with van der Waals surface area (Å²) in [5.74, 6) is 0.249. The average molecular weight is 443 g/mol. The first kappa shape index (κ1) is 20.3. The lowest BCUT2D eigenvalue weighted by molar-refractivity contribution is -0.122. The van der Waals surface area contributed by atoms with E-state index >= 15 is 0 Å². The molecule has 1 saturated heterocycles. The number of benzene rings is 2. The first-order valence-corrected chi connectivity index (χ1v) is 10.6. The first-order valence-electron chi connectivity index (χ1n) is 9.41. The summed E-state index contributed by atoms with van der Waals surface area (Å²) in [6, 6.07) is 16.3. The molecule has 3 aromatic rings. The van der Waals surface area contributed by atoms with Crippen LogP contribution in [0.4, 0.5) is 10.8 Å². The number of anilines is 2. The molecule has 2 unspecified atom stereocenters. The fourth-order valence-electron chi connectivity index (χ4n) is 3.16. The number of carbonyl (C=O) groups excluding carboxylic acids is 2. The van der Waals surface area contributed by atoms with Gasteiger partial charge in [0.15, 0.2) is 6.10 Å². The van der Waals surface area contributed by atoms with Crippen LogP contribution in [-0.2, 0) is 9.59 Å². The molecule has 4 rings (SSSR count). The van der Waals surface area contributed by atoms with E-state index in [1.807, 2.05) is 30.3 Å². The minimum atomic E-state index is -0.687. The molecule has 0 spiro atoms. The van der Waals surface area contributed by atoms with E-state index in [0.717, 1.165) is 5.69 Å². The van der Waals surface area contributed by atoms with Crippen LogP contribution in [0.5, 0.6) is 5.75 Å². The van der Waals surface area contributed by atoms with E-state index in [1.54, 1.807) is 36.1 Å². The predicted octanol–water partition coefficient (Wildman–Crippen LogP) is 4.12. The van der Waals surface area contributed by atoms with Gasteiger partial charge in [0, 0.05) is 29.6 Å². The minimum absolute atomic E-state index is 0.0213. The number of rotatable bonds is 6. The maximum atomic E-state index is 12.5. The number of amides is 2. The van der Waals surface area contributed by atoms with Gasteiger partial charge in [-0.25, -0.2) is 0 Å². The molecule has 0 bridgehead atoms. The van der Waals surface area contributed by atoms with Gasteiger partial charge < -0.3 is 9.64 Å². The highest BCUT2D eigenvalue weighted by Gasteiger charge is 2.34. The van der Waals surface area contributed by atoms with Crippen LogP contribution in [0.15, 0.2) is 54.6 Å². The van der Waals surface area contributed by atoms with Crippen LogP contribution < -0.4 is 15.0 Å². The number of halogens is 1. The van der Waals surface area contributed by atoms with Gasteiger partial charge in [-0.1, -0.05) is 41.1 Å². The third-order valence-corrected chi connectivity index (χ3v) is 5.96. The third-order valence-electron chi connectivity index (χ3n) is 4.71. The van der Waals surface area contributed by atoms with Crippen LogP contribution in [-0.4, -0.2) is 34.7 Å². The van der Waals surface area contributed by atoms with Gasteiger partial charge in [0.1, 0.15) is 10.8 Å². The number of nitrogens with zero attached hydrogens (tertiary/aromatic N) is 3. The zero-order valence-corrected chi connectivity index (χ0v) is 17.7. The molecule has 1 N–H and O–H groups in total. The normalized spacial score (nSPS) is 17.1. The lowest BCUT2D eigenvalue weighted by atomic mass is 10.1. The fourth-order valence-corrected chi connectivity index (χ4v) is 4.12. The first-order chi connectivity index (χ1) is 14.5. The summed E-state index contributed by atoms with van der Waals surface area (Å²) >= 11 is 7.20. The summed E-state index contributed by atoms with van der Waals surface area (Å²) in [6.07, 6.45) is -0.341. The smallest absolute Gasteiger partial charge is 0.266 e. The van der Waals surface area contributed by atoms with Gasteiger partial charge in [0.25, 0.3) is 5.91 Å². The van der Waals surface area contributed by atoms with E-state index in [-0.39, 0.29) is 17.7 Å². The Balaban J connectivity index is 1.37. The lowest BCUT2D eigenvalue weighted by Gasteiger charge is -2.16. The highest BCUT2D eigenvalue weighted by molar-refractivity contribution is 7.15. The molecule has 0 radical (unpaired) electrons. The van der Waals surface area contributed by atoms with Gasteiger partial charge in [-0.3, -0.25) is 14.9 Å². The molecule has 2 amide bonds. The molecule has 1 aromatic heterocycles. The van der Waals surface area contributed by atoms with Crippen LogP contribution >= 0.6 is 22.9 Å². The number of ether oxygens (including phenoxy) is 1. The van der Waals surface area contributed by atoms with Crippen molar-refractivity contribution in [1.82, 2.24) is 10.2 Å². The van der Waals surface area contributed by atoms with Crippen LogP contribution in [0.3, 0.4) is 0 Å². The van der Waals surface area contributed by atoms with Gasteiger partial charge in [0.2, 0.25) is 11.0 Å². The Kier molecular flexibility index (Phi) is 5.96. The summed E-state index contributed by atoms with van der Waals surface area (Å²) in [6.45, 7) is 2.18. The van der Waals surface area contributed by atoms with E-state index in [1.165, 1.54) is 11.3 Å². The largest absolute Gasteiger partial charge is 0.481 e. The van der Waals surface area contributed by atoms with Gasteiger partial charge in [-0.15, -0.1) is 10.2 Å². The number of para-hydroxylation sites is 1. The summed E-state index contributed by atoms with van der Waals surface area (Å²) in [4.78, 5) is 26.6. The van der Waals surface area contributed by atoms with Gasteiger partial charge in [0.05, 0.1) is 0 Å². The predicted molar refractivity (Wildman–Crippen MR) is 116 cm³/mol. The second-order valence-corrected chi connectivity index (χ2v) is 8.34. The molecule has 1 fully saturated rings. The second kappa shape index (κ2) is 8.81. The van der Waals surface area contributed by atoms with Crippen LogP contribution in [0.1, 0.15) is 24.3 Å². The summed E-state index contributed by atoms with van der Waals surface area (Å²) < 4.78 is 5.62. The molecular weight excluding hydrogens is 424 g/mol. The van der Waals surface area contributed by atoms with Crippen molar-refractivity contribution in [2.45, 2.75) is 25.4 Å². The van der Waals surface area contributed by atoms with E-state index in [9.17, 15) is 9.59 Å². The van der Waals surface area contributed by atoms with Gasteiger partial charge >= 0.3 is 0 Å². The lowest BCUT2D eigenvalue weighted by Crippen LogP contribution is -2.30. The molecule has 2 atom stereocenters. The number of hydrogen-bond acceptors (Lipinski definition) is 6. The van der Waals surface area contributed by atoms with Crippen LogP contribution in [0, 0.1) is 0 Å². The Morgan fingerprint density at radius 3 is 2.67 bits per heavy atom. The third kappa shape index (κ3) is 4.60. The molecule has 2 aromatic carbocycles. The van der Waals surface area contributed by atoms with Crippen molar-refractivity contribution < 1.29 is 14.3 Å². The molecule has 7 nitrogen and oxygen atoms in total. The molecule has 2 heterocycles. The number of hydrogen-bond donors (Lipinski definition) is 1. The molecule has 1 aliphatic rings. The Morgan fingerprint density at radius 1 is 1.20 bits per heavy atom. The van der Waals surface area contributed by atoms with Crippen molar-refractivity contribution in [3.05, 3.63) is 64.6 Å². The molecule has 154 valence electrons. The number of aromatic nitrogens is 2. The van der Waals surface area contributed by atoms with Crippen molar-refractivity contribution in [2.75, 3.05) is 16.8 Å². The molecule has 0 aliphatic carbocycles. The highest BCUT2D eigenvalue weighted by Crippen LogP contribution is 2.34. The SMILES string of the molecule is CC(Oc1ccccc1)C(=O)Nc1nnc(C2CC(=O)N(c3ccc(Cl)cc3)C2)s1. The monoisotopic (exact) mass is 442 g/mol. The van der Waals surface area contributed by atoms with Gasteiger partial charge in [-0.2, -0.15) is 0 Å². The Morgan fingerprint density at radius 2 is 1.93 bits per heavy atom. The Hall–Kier alpha value is -2.97. The maximum absolute atomic E-state index is 12.5. The van der Waals surface area contributed by atoms with E-state index < -0.39 is 6.10 Å². The zero-order chi connectivity index (χ0) is 21.1. The van der Waals surface area contributed by atoms with Crippen molar-refractivity contribution in [3.63, 3.8) is 0 Å². The van der Waals surface area contributed by atoms with Crippen molar-refractivity contribution in [3.8, 4) is 5.75 Å². The molecule has 9 heteroatoms. The van der Waals surface area contributed by atoms with Crippen molar-refractivity contribution in [1.29, 1.82) is 0 Å². The second-order valence-electron chi connectivity index (χ2n) is 6.89. The Labute approximate surface area is 182 Å². The summed E-state index contributed by atoms with van der Waals surface area (Å²) in [5.41, 5.74) is 0.803. The summed E-state index contributed by atoms with van der Waals surface area (Å²) in [7, 11) is 0. The fraction of sp³-hybridized carbons (Fsp3) is 0.238. The zero-order valence-electron chi connectivity index (χ0n) is 16.1. The Bertz CT molecular complexity index is 1040. The quantitative estimate of drug-likeness (QED) is 0.620. The highest BCUT2D eigenvalue weighted by atomic mass is 35.5. The summed E-state index contributed by atoms with van der Waals surface area (Å²) in [5, 5.41) is 12.7.